The van der Waals surface area contributed by atoms with Gasteiger partial charge in [-0.1, -0.05) is 23.4 Å². The topological polar surface area (TPSA) is 62.9 Å². The smallest absolute Gasteiger partial charge is 0.157 e. The third-order valence-electron chi connectivity index (χ3n) is 2.47. The predicted octanol–water partition coefficient (Wildman–Crippen LogP) is 3.86. The average molecular weight is 425 g/mol. The molecule has 0 aliphatic carbocycles. The summed E-state index contributed by atoms with van der Waals surface area (Å²) in [4.78, 5) is 3.97. The molecule has 8 heteroatoms. The fourth-order valence-electron chi connectivity index (χ4n) is 1.58. The molecule has 0 atom stereocenters. The first-order valence-electron chi connectivity index (χ1n) is 5.41. The molecule has 0 aliphatic heterocycles. The SMILES string of the molecule is COc1cc(NC(=N)SC)ccc1-n1cnc(Cl)c1.I. The second kappa shape index (κ2) is 7.75. The van der Waals surface area contributed by atoms with Crippen molar-refractivity contribution in [1.29, 1.82) is 5.41 Å². The Labute approximate surface area is 143 Å². The molecular formula is C12H14ClIN4OS. The molecule has 0 saturated carbocycles. The normalized spacial score (nSPS) is 9.75. The molecule has 0 unspecified atom stereocenters. The van der Waals surface area contributed by atoms with Crippen LogP contribution in [0.15, 0.2) is 30.7 Å². The van der Waals surface area contributed by atoms with E-state index in [9.17, 15) is 0 Å². The zero-order valence-corrected chi connectivity index (χ0v) is 14.8. The van der Waals surface area contributed by atoms with Crippen LogP contribution >= 0.6 is 47.3 Å². The molecule has 0 amide bonds. The average Bonchev–Trinajstić information content (AvgIpc) is 2.84. The Balaban J connectivity index is 0.00000200. The third kappa shape index (κ3) is 4.03. The van der Waals surface area contributed by atoms with Crippen molar-refractivity contribution in [1.82, 2.24) is 9.55 Å². The molecule has 0 saturated heterocycles. The fourth-order valence-corrected chi connectivity index (χ4v) is 1.95. The summed E-state index contributed by atoms with van der Waals surface area (Å²) in [6, 6.07) is 5.58. The number of nitrogens with zero attached hydrogens (tertiary/aromatic N) is 2. The summed E-state index contributed by atoms with van der Waals surface area (Å²) in [5.41, 5.74) is 1.63. The van der Waals surface area contributed by atoms with Gasteiger partial charge >= 0.3 is 0 Å². The molecule has 2 N–H and O–H groups in total. The number of amidine groups is 1. The molecule has 1 aromatic carbocycles. The molecule has 108 valence electrons. The number of thioether (sulfide) groups is 1. The van der Waals surface area contributed by atoms with Gasteiger partial charge in [0.15, 0.2) is 5.17 Å². The molecule has 0 radical (unpaired) electrons. The third-order valence-corrected chi connectivity index (χ3v) is 3.18. The van der Waals surface area contributed by atoms with E-state index in [0.717, 1.165) is 11.4 Å². The first-order chi connectivity index (χ1) is 9.13. The van der Waals surface area contributed by atoms with E-state index in [1.165, 1.54) is 11.8 Å². The minimum absolute atomic E-state index is 0. The molecule has 0 aliphatic rings. The van der Waals surface area contributed by atoms with Gasteiger partial charge in [-0.15, -0.1) is 24.0 Å². The van der Waals surface area contributed by atoms with Gasteiger partial charge in [-0.05, 0) is 18.4 Å². The second-order valence-corrected chi connectivity index (χ2v) is 4.85. The first kappa shape index (κ1) is 17.1. The Morgan fingerprint density at radius 2 is 2.25 bits per heavy atom. The number of hydrogen-bond acceptors (Lipinski definition) is 4. The van der Waals surface area contributed by atoms with Crippen LogP contribution in [0.3, 0.4) is 0 Å². The number of hydrogen-bond donors (Lipinski definition) is 2. The minimum Gasteiger partial charge on any atom is -0.494 e. The van der Waals surface area contributed by atoms with Gasteiger partial charge in [0, 0.05) is 18.0 Å². The summed E-state index contributed by atoms with van der Waals surface area (Å²) in [6.45, 7) is 0. The van der Waals surface area contributed by atoms with Crippen LogP contribution in [0.4, 0.5) is 5.69 Å². The predicted molar refractivity (Wildman–Crippen MR) is 95.4 cm³/mol. The Bertz CT molecular complexity index is 605. The summed E-state index contributed by atoms with van der Waals surface area (Å²) in [5.74, 6) is 0.674. The Morgan fingerprint density at radius 3 is 2.80 bits per heavy atom. The van der Waals surface area contributed by atoms with Crippen molar-refractivity contribution in [3.63, 3.8) is 0 Å². The monoisotopic (exact) mass is 424 g/mol. The lowest BCUT2D eigenvalue weighted by Gasteiger charge is -2.12. The van der Waals surface area contributed by atoms with Gasteiger partial charge < -0.3 is 14.6 Å². The maximum Gasteiger partial charge on any atom is 0.157 e. The zero-order valence-electron chi connectivity index (χ0n) is 10.9. The maximum atomic E-state index is 7.60. The number of rotatable bonds is 3. The Kier molecular flexibility index (Phi) is 6.63. The van der Waals surface area contributed by atoms with E-state index in [-0.39, 0.29) is 24.0 Å². The van der Waals surface area contributed by atoms with Crippen molar-refractivity contribution in [3.05, 3.63) is 35.9 Å². The van der Waals surface area contributed by atoms with Crippen molar-refractivity contribution in [2.75, 3.05) is 18.7 Å². The molecule has 2 aromatic rings. The number of anilines is 1. The number of imidazole rings is 1. The molecule has 20 heavy (non-hydrogen) atoms. The molecule has 1 aromatic heterocycles. The lowest BCUT2D eigenvalue weighted by Crippen LogP contribution is -2.05. The second-order valence-electron chi connectivity index (χ2n) is 3.65. The van der Waals surface area contributed by atoms with E-state index in [1.807, 2.05) is 24.5 Å². The molecule has 1 heterocycles. The number of methoxy groups -OCH3 is 1. The highest BCUT2D eigenvalue weighted by molar-refractivity contribution is 14.0. The summed E-state index contributed by atoms with van der Waals surface area (Å²) >= 11 is 7.14. The maximum absolute atomic E-state index is 7.60. The van der Waals surface area contributed by atoms with Gasteiger partial charge in [0.25, 0.3) is 0 Å². The van der Waals surface area contributed by atoms with Crippen LogP contribution in [0.25, 0.3) is 5.69 Å². The lowest BCUT2D eigenvalue weighted by atomic mass is 10.2. The van der Waals surface area contributed by atoms with E-state index in [0.29, 0.717) is 16.1 Å². The fraction of sp³-hybridized carbons (Fsp3) is 0.167. The summed E-state index contributed by atoms with van der Waals surface area (Å²) < 4.78 is 7.14. The van der Waals surface area contributed by atoms with Crippen molar-refractivity contribution in [2.45, 2.75) is 0 Å². The molecule has 0 bridgehead atoms. The number of aromatic nitrogens is 2. The van der Waals surface area contributed by atoms with Crippen LogP contribution in [0.2, 0.25) is 5.15 Å². The van der Waals surface area contributed by atoms with Crippen molar-refractivity contribution in [2.24, 2.45) is 0 Å². The molecule has 2 rings (SSSR count). The van der Waals surface area contributed by atoms with Crippen LogP contribution < -0.4 is 10.1 Å². The zero-order chi connectivity index (χ0) is 13.8. The summed E-state index contributed by atoms with van der Waals surface area (Å²) in [7, 11) is 1.60. The van der Waals surface area contributed by atoms with Gasteiger partial charge in [-0.25, -0.2) is 4.98 Å². The molecule has 0 fully saturated rings. The van der Waals surface area contributed by atoms with E-state index < -0.39 is 0 Å². The summed E-state index contributed by atoms with van der Waals surface area (Å²) in [6.07, 6.45) is 5.17. The summed E-state index contributed by atoms with van der Waals surface area (Å²) in [5, 5.41) is 11.4. The standard InChI is InChI=1S/C12H13ClN4OS.HI/c1-18-10-5-8(16-12(14)19-2)3-4-9(10)17-6-11(13)15-7-17;/h3-7H,1-2H3,(H2,14,16);1H. The van der Waals surface area contributed by atoms with Gasteiger partial charge in [0.2, 0.25) is 0 Å². The van der Waals surface area contributed by atoms with Crippen molar-refractivity contribution < 1.29 is 4.74 Å². The van der Waals surface area contributed by atoms with E-state index >= 15 is 0 Å². The molecular weight excluding hydrogens is 411 g/mol. The van der Waals surface area contributed by atoms with Crippen molar-refractivity contribution in [3.8, 4) is 11.4 Å². The number of nitrogens with one attached hydrogen (secondary N) is 2. The molecule has 0 spiro atoms. The number of halogens is 2. The minimum atomic E-state index is 0. The molecule has 5 nitrogen and oxygen atoms in total. The van der Waals surface area contributed by atoms with Gasteiger partial charge in [-0.2, -0.15) is 0 Å². The van der Waals surface area contributed by atoms with Crippen LogP contribution in [-0.2, 0) is 0 Å². The van der Waals surface area contributed by atoms with Gasteiger partial charge in [0.05, 0.1) is 12.8 Å². The van der Waals surface area contributed by atoms with E-state index in [1.54, 1.807) is 24.2 Å². The quantitative estimate of drug-likeness (QED) is 0.446. The lowest BCUT2D eigenvalue weighted by molar-refractivity contribution is 0.413. The Hall–Kier alpha value is -0.930. The number of ether oxygens (including phenoxy) is 1. The van der Waals surface area contributed by atoms with Crippen LogP contribution in [-0.4, -0.2) is 28.1 Å². The van der Waals surface area contributed by atoms with Crippen molar-refractivity contribution >= 4 is 58.2 Å². The highest BCUT2D eigenvalue weighted by Gasteiger charge is 2.08. The Morgan fingerprint density at radius 1 is 1.50 bits per heavy atom. The highest BCUT2D eigenvalue weighted by Crippen LogP contribution is 2.27. The highest BCUT2D eigenvalue weighted by atomic mass is 127. The van der Waals surface area contributed by atoms with Crippen LogP contribution in [0, 0.1) is 5.41 Å². The first-order valence-corrected chi connectivity index (χ1v) is 7.01. The van der Waals surface area contributed by atoms with Crippen LogP contribution in [0.1, 0.15) is 0 Å². The van der Waals surface area contributed by atoms with Gasteiger partial charge in [-0.3, -0.25) is 5.41 Å². The largest absolute Gasteiger partial charge is 0.494 e. The van der Waals surface area contributed by atoms with Crippen LogP contribution in [0.5, 0.6) is 5.75 Å². The number of benzene rings is 1. The van der Waals surface area contributed by atoms with Gasteiger partial charge in [0.1, 0.15) is 17.2 Å². The van der Waals surface area contributed by atoms with E-state index in [2.05, 4.69) is 10.3 Å². The van der Waals surface area contributed by atoms with E-state index in [4.69, 9.17) is 21.7 Å².